The third-order valence-corrected chi connectivity index (χ3v) is 9.98. The molecular weight excluding hydrogens is 580 g/mol. The number of halogens is 3. The van der Waals surface area contributed by atoms with E-state index in [9.17, 15) is 19.5 Å². The Kier molecular flexibility index (Phi) is 6.87. The van der Waals surface area contributed by atoms with Crippen molar-refractivity contribution >= 4 is 52.4 Å². The molecule has 2 spiro atoms. The highest BCUT2D eigenvalue weighted by Crippen LogP contribution is 2.64. The van der Waals surface area contributed by atoms with E-state index in [2.05, 4.69) is 29.8 Å². The fraction of sp³-hybridized carbons (Fsp3) is 0.344. The first-order valence-electron chi connectivity index (χ1n) is 13.9. The van der Waals surface area contributed by atoms with Gasteiger partial charge < -0.3 is 15.7 Å². The van der Waals surface area contributed by atoms with Gasteiger partial charge in [-0.25, -0.2) is 9.18 Å². The Bertz CT molecular complexity index is 1620. The molecule has 6 rings (SSSR count). The Labute approximate surface area is 252 Å². The summed E-state index contributed by atoms with van der Waals surface area (Å²) in [5.41, 5.74) is -0.409. The minimum Gasteiger partial charge on any atom is -0.478 e. The van der Waals surface area contributed by atoms with Crippen LogP contribution >= 0.6 is 23.2 Å². The maximum absolute atomic E-state index is 16.0. The molecule has 1 aliphatic carbocycles. The Morgan fingerprint density at radius 2 is 1.69 bits per heavy atom. The summed E-state index contributed by atoms with van der Waals surface area (Å²) in [5, 5.41) is 19.1. The lowest BCUT2D eigenvalue weighted by Crippen LogP contribution is -2.61. The number of amides is 2. The van der Waals surface area contributed by atoms with Gasteiger partial charge in [0, 0.05) is 27.9 Å². The van der Waals surface area contributed by atoms with Gasteiger partial charge in [0.15, 0.2) is 0 Å². The Morgan fingerprint density at radius 1 is 1.00 bits per heavy atom. The molecule has 3 aromatic carbocycles. The van der Waals surface area contributed by atoms with Crippen LogP contribution in [0.1, 0.15) is 66.9 Å². The van der Waals surface area contributed by atoms with Crippen LogP contribution in [0.4, 0.5) is 15.8 Å². The van der Waals surface area contributed by atoms with E-state index in [0.717, 1.165) is 12.8 Å². The predicted octanol–water partition coefficient (Wildman–Crippen LogP) is 6.75. The van der Waals surface area contributed by atoms with Crippen molar-refractivity contribution < 1.29 is 23.9 Å². The Hall–Kier alpha value is -3.46. The quantitative estimate of drug-likeness (QED) is 0.261. The lowest BCUT2D eigenvalue weighted by atomic mass is 9.53. The monoisotopic (exact) mass is 609 g/mol. The van der Waals surface area contributed by atoms with Crippen molar-refractivity contribution in [3.05, 3.63) is 93.2 Å². The van der Waals surface area contributed by atoms with Gasteiger partial charge in [-0.3, -0.25) is 14.9 Å². The molecule has 1 saturated carbocycles. The first kappa shape index (κ1) is 28.6. The molecule has 0 unspecified atom stereocenters. The standard InChI is InChI=1S/C32H30Cl2FN3O4/c1-30(2)12-14-31(15-13-30)32(21-11-8-18(33)16-23(21)37-29(32)42)24(20-4-3-5-22(34)25(20)35)26(38-31)27(39)36-19-9-6-17(7-10-19)28(40)41/h3-11,16,24,26,38H,12-15H2,1-2H3,(H,36,39)(H,37,42)(H,40,41)/t24-,26+,32+/m0/s1. The van der Waals surface area contributed by atoms with Crippen molar-refractivity contribution in [1.29, 1.82) is 0 Å². The number of aromatic carboxylic acids is 1. The Balaban J connectivity index is 1.55. The molecule has 2 amide bonds. The molecule has 0 aromatic heterocycles. The number of carboxylic acids is 1. The van der Waals surface area contributed by atoms with E-state index in [1.54, 1.807) is 30.3 Å². The molecule has 3 atom stereocenters. The van der Waals surface area contributed by atoms with Crippen molar-refractivity contribution in [3.8, 4) is 0 Å². The summed E-state index contributed by atoms with van der Waals surface area (Å²) >= 11 is 12.6. The van der Waals surface area contributed by atoms with E-state index < -0.39 is 40.6 Å². The second-order valence-electron chi connectivity index (χ2n) is 12.3. The van der Waals surface area contributed by atoms with E-state index >= 15 is 4.39 Å². The molecule has 0 bridgehead atoms. The van der Waals surface area contributed by atoms with Crippen molar-refractivity contribution in [2.75, 3.05) is 10.6 Å². The second-order valence-corrected chi connectivity index (χ2v) is 13.2. The number of rotatable bonds is 4. The average molecular weight is 611 g/mol. The third-order valence-electron chi connectivity index (χ3n) is 9.45. The number of carboxylic acid groups (broad SMARTS) is 1. The second kappa shape index (κ2) is 10.1. The number of benzene rings is 3. The highest BCUT2D eigenvalue weighted by Gasteiger charge is 2.73. The summed E-state index contributed by atoms with van der Waals surface area (Å²) in [6, 6.07) is 14.6. The molecule has 4 N–H and O–H groups in total. The van der Waals surface area contributed by atoms with Crippen LogP contribution in [-0.4, -0.2) is 34.5 Å². The van der Waals surface area contributed by atoms with Gasteiger partial charge in [-0.15, -0.1) is 0 Å². The van der Waals surface area contributed by atoms with Gasteiger partial charge in [0.2, 0.25) is 11.8 Å². The van der Waals surface area contributed by atoms with E-state index in [4.69, 9.17) is 23.2 Å². The van der Waals surface area contributed by atoms with Crippen LogP contribution in [0.25, 0.3) is 0 Å². The zero-order valence-electron chi connectivity index (χ0n) is 23.1. The molecule has 42 heavy (non-hydrogen) atoms. The highest BCUT2D eigenvalue weighted by atomic mass is 35.5. The van der Waals surface area contributed by atoms with Crippen molar-refractivity contribution in [1.82, 2.24) is 5.32 Å². The van der Waals surface area contributed by atoms with Gasteiger partial charge in [-0.1, -0.05) is 55.2 Å². The van der Waals surface area contributed by atoms with Gasteiger partial charge in [0.1, 0.15) is 11.2 Å². The smallest absolute Gasteiger partial charge is 0.335 e. The van der Waals surface area contributed by atoms with Gasteiger partial charge in [-0.2, -0.15) is 0 Å². The van der Waals surface area contributed by atoms with Gasteiger partial charge in [0.05, 0.1) is 16.6 Å². The summed E-state index contributed by atoms with van der Waals surface area (Å²) in [4.78, 5) is 40.0. The van der Waals surface area contributed by atoms with Crippen molar-refractivity contribution in [2.45, 2.75) is 62.4 Å². The SMILES string of the molecule is CC1(C)CCC2(CC1)N[C@@H](C(=O)Nc1ccc(C(=O)O)cc1)[C@H](c1cccc(Cl)c1F)[C@]21C(=O)Nc2cc(Cl)ccc21. The first-order chi connectivity index (χ1) is 19.9. The maximum atomic E-state index is 16.0. The Morgan fingerprint density at radius 3 is 2.36 bits per heavy atom. The molecule has 0 radical (unpaired) electrons. The third kappa shape index (κ3) is 4.31. The van der Waals surface area contributed by atoms with E-state index in [-0.39, 0.29) is 27.5 Å². The number of carbonyl (C=O) groups excluding carboxylic acids is 2. The molecule has 7 nitrogen and oxygen atoms in total. The summed E-state index contributed by atoms with van der Waals surface area (Å²) in [5.74, 6) is -3.54. The number of nitrogens with one attached hydrogen (secondary N) is 3. The van der Waals surface area contributed by atoms with Crippen molar-refractivity contribution in [3.63, 3.8) is 0 Å². The van der Waals surface area contributed by atoms with E-state index in [1.807, 2.05) is 0 Å². The summed E-state index contributed by atoms with van der Waals surface area (Å²) in [7, 11) is 0. The first-order valence-corrected chi connectivity index (χ1v) is 14.6. The predicted molar refractivity (Wildman–Crippen MR) is 160 cm³/mol. The molecule has 218 valence electrons. The van der Waals surface area contributed by atoms with Crippen LogP contribution in [0.3, 0.4) is 0 Å². The van der Waals surface area contributed by atoms with Gasteiger partial charge in [0.25, 0.3) is 0 Å². The van der Waals surface area contributed by atoms with Crippen LogP contribution in [-0.2, 0) is 15.0 Å². The normalized spacial score (nSPS) is 25.3. The molecule has 2 fully saturated rings. The summed E-state index contributed by atoms with van der Waals surface area (Å²) in [6.07, 6.45) is 2.72. The average Bonchev–Trinajstić information content (AvgIpc) is 3.40. The molecule has 10 heteroatoms. The van der Waals surface area contributed by atoms with E-state index in [0.29, 0.717) is 34.8 Å². The summed E-state index contributed by atoms with van der Waals surface area (Å²) in [6.45, 7) is 4.37. The minimum absolute atomic E-state index is 0.0229. The molecule has 3 aromatic rings. The van der Waals surface area contributed by atoms with Crippen LogP contribution in [0, 0.1) is 11.2 Å². The molecule has 2 aliphatic heterocycles. The van der Waals surface area contributed by atoms with Gasteiger partial charge >= 0.3 is 5.97 Å². The molecule has 3 aliphatic rings. The highest BCUT2D eigenvalue weighted by molar-refractivity contribution is 6.31. The van der Waals surface area contributed by atoms with Crippen LogP contribution < -0.4 is 16.0 Å². The lowest BCUT2D eigenvalue weighted by molar-refractivity contribution is -0.124. The molecule has 1 saturated heterocycles. The number of carbonyl (C=O) groups is 3. The topological polar surface area (TPSA) is 108 Å². The number of hydrogen-bond donors (Lipinski definition) is 4. The van der Waals surface area contributed by atoms with Crippen molar-refractivity contribution in [2.24, 2.45) is 5.41 Å². The molecule has 2 heterocycles. The maximum Gasteiger partial charge on any atom is 0.335 e. The lowest BCUT2D eigenvalue weighted by Gasteiger charge is -2.50. The zero-order chi connectivity index (χ0) is 30.0. The van der Waals surface area contributed by atoms with E-state index in [1.165, 1.54) is 30.3 Å². The van der Waals surface area contributed by atoms with Gasteiger partial charge in [-0.05, 0) is 84.7 Å². The fourth-order valence-corrected chi connectivity index (χ4v) is 7.69. The number of hydrogen-bond acceptors (Lipinski definition) is 4. The van der Waals surface area contributed by atoms with Crippen LogP contribution in [0.15, 0.2) is 60.7 Å². The fourth-order valence-electron chi connectivity index (χ4n) is 7.33. The number of fused-ring (bicyclic) bond motifs is 3. The van der Waals surface area contributed by atoms with Crippen LogP contribution in [0.5, 0.6) is 0 Å². The number of anilines is 2. The zero-order valence-corrected chi connectivity index (χ0v) is 24.6. The largest absolute Gasteiger partial charge is 0.478 e. The van der Waals surface area contributed by atoms with Crippen LogP contribution in [0.2, 0.25) is 10.0 Å². The summed E-state index contributed by atoms with van der Waals surface area (Å²) < 4.78 is 16.0. The molecular formula is C32H30Cl2FN3O4. The minimum atomic E-state index is -1.36.